The quantitative estimate of drug-likeness (QED) is 0.0151. The molecule has 0 saturated heterocycles. The van der Waals surface area contributed by atoms with E-state index in [4.69, 9.17) is 19.1 Å². The number of hydrogen-bond acceptors (Lipinski definition) is 10. The minimum atomic E-state index is -4.65. The second-order valence-electron chi connectivity index (χ2n) is 16.8. The summed E-state index contributed by atoms with van der Waals surface area (Å²) >= 11 is 0. The fourth-order valence-corrected chi connectivity index (χ4v) is 7.26. The standard InChI is InChI=1S/C50H89O11P/c1-4-5-37-46(52)38-33-29-25-21-17-14-15-19-23-27-31-35-40-50(55)61-48(44-60-62(56,57)59-42-47(53)41-51)43-58-49(54)39-34-30-26-22-18-13-11-9-7-6-8-10-12-16-20-24-28-32-36-45(2)3/h5,14-15,21,23,25,27,29,33,37,45-48,51-53H,4,6-13,16-20,22,24,26,28,30-32,34-36,38-44H2,1-3H3,(H,56,57)/b15-14-,25-21-,27-23-,33-29+,37-5-/t46?,47-,48+/m0/s1. The van der Waals surface area contributed by atoms with Crippen LogP contribution >= 0.6 is 7.82 Å². The predicted octanol–water partition coefficient (Wildman–Crippen LogP) is 12.3. The summed E-state index contributed by atoms with van der Waals surface area (Å²) in [5, 5.41) is 28.1. The molecule has 0 spiro atoms. The third-order valence-electron chi connectivity index (χ3n) is 10.2. The Hall–Kier alpha value is -2.37. The summed E-state index contributed by atoms with van der Waals surface area (Å²) in [7, 11) is -4.65. The zero-order chi connectivity index (χ0) is 45.8. The largest absolute Gasteiger partial charge is 0.472 e. The predicted molar refractivity (Wildman–Crippen MR) is 253 cm³/mol. The van der Waals surface area contributed by atoms with Crippen molar-refractivity contribution in [2.75, 3.05) is 26.4 Å². The molecule has 2 unspecified atom stereocenters. The lowest BCUT2D eigenvalue weighted by molar-refractivity contribution is -0.161. The van der Waals surface area contributed by atoms with Crippen molar-refractivity contribution in [2.24, 2.45) is 5.92 Å². The smallest absolute Gasteiger partial charge is 0.462 e. The molecule has 0 aromatic heterocycles. The zero-order valence-corrected chi connectivity index (χ0v) is 40.0. The molecule has 0 bridgehead atoms. The van der Waals surface area contributed by atoms with Gasteiger partial charge < -0.3 is 29.7 Å². The van der Waals surface area contributed by atoms with E-state index in [1.807, 2.05) is 49.5 Å². The number of unbranched alkanes of at least 4 members (excludes halogenated alkanes) is 18. The number of aliphatic hydroxyl groups excluding tert-OH is 3. The van der Waals surface area contributed by atoms with Crippen LogP contribution in [0.2, 0.25) is 0 Å². The number of aliphatic hydroxyl groups is 3. The van der Waals surface area contributed by atoms with Gasteiger partial charge in [-0.25, -0.2) is 4.57 Å². The van der Waals surface area contributed by atoms with Crippen molar-refractivity contribution in [3.8, 4) is 0 Å². The van der Waals surface area contributed by atoms with Crippen LogP contribution in [0.15, 0.2) is 60.8 Å². The Labute approximate surface area is 377 Å². The molecule has 0 aromatic carbocycles. The molecule has 4 atom stereocenters. The molecule has 0 aromatic rings. The minimum absolute atomic E-state index is 0.0872. The molecular weight excluding hydrogens is 808 g/mol. The second-order valence-corrected chi connectivity index (χ2v) is 18.2. The van der Waals surface area contributed by atoms with Crippen LogP contribution in [0.4, 0.5) is 0 Å². The minimum Gasteiger partial charge on any atom is -0.462 e. The van der Waals surface area contributed by atoms with Gasteiger partial charge in [-0.3, -0.25) is 18.6 Å². The molecular formula is C50H89O11P. The lowest BCUT2D eigenvalue weighted by Gasteiger charge is -2.20. The van der Waals surface area contributed by atoms with Crippen LogP contribution in [0.3, 0.4) is 0 Å². The molecule has 4 N–H and O–H groups in total. The van der Waals surface area contributed by atoms with Gasteiger partial charge in [0.2, 0.25) is 0 Å². The summed E-state index contributed by atoms with van der Waals surface area (Å²) in [6, 6.07) is 0. The van der Waals surface area contributed by atoms with E-state index in [1.165, 1.54) is 96.3 Å². The molecule has 0 aliphatic rings. The van der Waals surface area contributed by atoms with Crippen LogP contribution in [0.25, 0.3) is 0 Å². The van der Waals surface area contributed by atoms with Crippen LogP contribution in [-0.2, 0) is 32.7 Å². The monoisotopic (exact) mass is 897 g/mol. The molecule has 0 radical (unpaired) electrons. The Kier molecular flexibility index (Phi) is 42.2. The van der Waals surface area contributed by atoms with Crippen molar-refractivity contribution in [3.05, 3.63) is 60.8 Å². The second kappa shape index (κ2) is 43.9. The number of hydrogen-bond donors (Lipinski definition) is 4. The normalized spacial score (nSPS) is 14.8. The molecule has 0 amide bonds. The van der Waals surface area contributed by atoms with Crippen LogP contribution in [0, 0.1) is 5.92 Å². The topological polar surface area (TPSA) is 169 Å². The number of phosphoric ester groups is 1. The van der Waals surface area contributed by atoms with Gasteiger partial charge in [-0.05, 0) is 50.9 Å². The molecule has 11 nitrogen and oxygen atoms in total. The van der Waals surface area contributed by atoms with Gasteiger partial charge in [0.25, 0.3) is 0 Å². The Bertz CT molecular complexity index is 1250. The van der Waals surface area contributed by atoms with Crippen molar-refractivity contribution in [3.63, 3.8) is 0 Å². The number of ether oxygens (including phenoxy) is 2. The third kappa shape index (κ3) is 44.2. The summed E-state index contributed by atoms with van der Waals surface area (Å²) in [5.74, 6) is -0.175. The van der Waals surface area contributed by atoms with Gasteiger partial charge >= 0.3 is 19.8 Å². The highest BCUT2D eigenvalue weighted by Gasteiger charge is 2.27. The number of rotatable bonds is 44. The summed E-state index contributed by atoms with van der Waals surface area (Å²) in [5.41, 5.74) is 0. The highest BCUT2D eigenvalue weighted by atomic mass is 31.2. The van der Waals surface area contributed by atoms with Gasteiger partial charge in [0, 0.05) is 12.8 Å². The Balaban J connectivity index is 4.30. The summed E-state index contributed by atoms with van der Waals surface area (Å²) in [6.07, 6.45) is 45.4. The molecule has 0 aliphatic heterocycles. The van der Waals surface area contributed by atoms with Gasteiger partial charge in [0.05, 0.1) is 25.9 Å². The maximum absolute atomic E-state index is 12.6. The maximum atomic E-state index is 12.6. The lowest BCUT2D eigenvalue weighted by Crippen LogP contribution is -2.29. The number of esters is 2. The number of carbonyl (C=O) groups excluding carboxylic acids is 2. The first-order chi connectivity index (χ1) is 30.0. The number of allylic oxidation sites excluding steroid dienone is 8. The molecule has 62 heavy (non-hydrogen) atoms. The summed E-state index contributed by atoms with van der Waals surface area (Å²) in [6.45, 7) is 4.43. The fraction of sp³-hybridized carbons (Fsp3) is 0.760. The first kappa shape index (κ1) is 59.6. The van der Waals surface area contributed by atoms with Crippen molar-refractivity contribution in [1.82, 2.24) is 0 Å². The van der Waals surface area contributed by atoms with Gasteiger partial charge in [0.1, 0.15) is 12.7 Å². The van der Waals surface area contributed by atoms with Crippen molar-refractivity contribution < 1.29 is 52.9 Å². The zero-order valence-electron chi connectivity index (χ0n) is 39.1. The van der Waals surface area contributed by atoms with E-state index in [9.17, 15) is 29.3 Å². The van der Waals surface area contributed by atoms with Crippen LogP contribution in [-0.4, -0.2) is 76.9 Å². The number of phosphoric acid groups is 1. The van der Waals surface area contributed by atoms with E-state index in [0.29, 0.717) is 25.7 Å². The van der Waals surface area contributed by atoms with Crippen molar-refractivity contribution in [1.29, 1.82) is 0 Å². The SMILES string of the molecule is CC/C=C\C(O)C/C=C/C=C\C/C=C\C/C=C\CCCC(=O)O[C@H](COC(=O)CCCCCCCCCCCCCCCCCCCCC(C)C)COP(=O)(O)OC[C@@H](O)CO. The first-order valence-electron chi connectivity index (χ1n) is 24.2. The van der Waals surface area contributed by atoms with E-state index in [-0.39, 0.29) is 19.4 Å². The van der Waals surface area contributed by atoms with Gasteiger partial charge in [0.15, 0.2) is 6.10 Å². The van der Waals surface area contributed by atoms with Crippen LogP contribution < -0.4 is 0 Å². The van der Waals surface area contributed by atoms with Crippen molar-refractivity contribution in [2.45, 2.75) is 212 Å². The molecule has 0 rings (SSSR count). The Morgan fingerprint density at radius 3 is 1.66 bits per heavy atom. The average Bonchev–Trinajstić information content (AvgIpc) is 3.24. The van der Waals surface area contributed by atoms with E-state index < -0.39 is 57.9 Å². The summed E-state index contributed by atoms with van der Waals surface area (Å²) < 4.78 is 32.7. The van der Waals surface area contributed by atoms with Gasteiger partial charge in [-0.1, -0.05) is 197 Å². The van der Waals surface area contributed by atoms with Crippen LogP contribution in [0.1, 0.15) is 194 Å². The Morgan fingerprint density at radius 2 is 1.10 bits per heavy atom. The molecule has 0 heterocycles. The molecule has 0 fully saturated rings. The van der Waals surface area contributed by atoms with E-state index in [1.54, 1.807) is 6.08 Å². The molecule has 0 aliphatic carbocycles. The fourth-order valence-electron chi connectivity index (χ4n) is 6.47. The Morgan fingerprint density at radius 1 is 0.597 bits per heavy atom. The van der Waals surface area contributed by atoms with Crippen molar-refractivity contribution >= 4 is 19.8 Å². The third-order valence-corrected chi connectivity index (χ3v) is 11.1. The highest BCUT2D eigenvalue weighted by molar-refractivity contribution is 7.47. The molecule has 12 heteroatoms. The summed E-state index contributed by atoms with van der Waals surface area (Å²) in [4.78, 5) is 35.1. The first-order valence-corrected chi connectivity index (χ1v) is 25.7. The van der Waals surface area contributed by atoms with E-state index in [0.717, 1.165) is 44.4 Å². The number of carbonyl (C=O) groups is 2. The molecule has 0 saturated carbocycles. The maximum Gasteiger partial charge on any atom is 0.472 e. The van der Waals surface area contributed by atoms with Gasteiger partial charge in [-0.2, -0.15) is 0 Å². The van der Waals surface area contributed by atoms with E-state index >= 15 is 0 Å². The average molecular weight is 897 g/mol. The van der Waals surface area contributed by atoms with Crippen LogP contribution in [0.5, 0.6) is 0 Å². The molecule has 360 valence electrons. The van der Waals surface area contributed by atoms with Gasteiger partial charge in [-0.15, -0.1) is 0 Å². The lowest BCUT2D eigenvalue weighted by atomic mass is 10.0. The highest BCUT2D eigenvalue weighted by Crippen LogP contribution is 2.43. The van der Waals surface area contributed by atoms with E-state index in [2.05, 4.69) is 30.5 Å².